The molecular weight excluding hydrogens is 694 g/mol. The van der Waals surface area contributed by atoms with Crippen molar-refractivity contribution in [3.63, 3.8) is 0 Å². The molecular formula is C55H48FN. The number of fused-ring (bicyclic) bond motifs is 12. The van der Waals surface area contributed by atoms with Crippen molar-refractivity contribution in [3.8, 4) is 44.5 Å². The molecule has 7 aromatic carbocycles. The van der Waals surface area contributed by atoms with E-state index in [1.807, 2.05) is 6.07 Å². The molecule has 0 unspecified atom stereocenters. The van der Waals surface area contributed by atoms with Crippen molar-refractivity contribution >= 4 is 11.4 Å². The molecule has 2 heteroatoms. The smallest absolute Gasteiger partial charge is 0.123 e. The van der Waals surface area contributed by atoms with E-state index in [1.165, 1.54) is 94.8 Å². The fourth-order valence-electron chi connectivity index (χ4n) is 11.4. The highest BCUT2D eigenvalue weighted by Gasteiger charge is 2.44. The average molecular weight is 742 g/mol. The molecule has 0 N–H and O–H groups in total. The lowest BCUT2D eigenvalue weighted by Crippen LogP contribution is -2.21. The van der Waals surface area contributed by atoms with Crippen LogP contribution in [-0.2, 0) is 28.2 Å². The summed E-state index contributed by atoms with van der Waals surface area (Å²) in [7, 11) is 0. The Bertz CT molecular complexity index is 2900. The first kappa shape index (κ1) is 34.5. The van der Waals surface area contributed by atoms with Crippen LogP contribution < -0.4 is 4.90 Å². The second-order valence-corrected chi connectivity index (χ2v) is 19.1. The third-order valence-electron chi connectivity index (χ3n) is 14.6. The normalized spacial score (nSPS) is 17.1. The van der Waals surface area contributed by atoms with Gasteiger partial charge in [0.15, 0.2) is 0 Å². The minimum absolute atomic E-state index is 0.0826. The summed E-state index contributed by atoms with van der Waals surface area (Å²) in [6.07, 6.45) is 0. The highest BCUT2D eigenvalue weighted by atomic mass is 19.1. The first-order chi connectivity index (χ1) is 27.2. The summed E-state index contributed by atoms with van der Waals surface area (Å²) >= 11 is 0. The number of rotatable bonds is 4. The van der Waals surface area contributed by atoms with Crippen LogP contribution in [0, 0.1) is 5.82 Å². The van der Waals surface area contributed by atoms with Gasteiger partial charge in [0, 0.05) is 45.1 Å². The quantitative estimate of drug-likeness (QED) is 0.174. The number of nitrogens with zero attached hydrogens (tertiary/aromatic N) is 1. The predicted molar refractivity (Wildman–Crippen MR) is 235 cm³/mol. The van der Waals surface area contributed by atoms with E-state index < -0.39 is 0 Å². The summed E-state index contributed by atoms with van der Waals surface area (Å²) in [5.74, 6) is -0.176. The molecule has 0 bridgehead atoms. The SMILES string of the molecule is CC1(C)c2ccccc2-c2ccc(CN(c3ccc4c(c3)C(C)(C)c3ccccc3-4)c3cccc4c3-c3cc5c(cc3C4(C)C)-c3ccc(F)cc3C5(C)C)cc21. The van der Waals surface area contributed by atoms with E-state index in [2.05, 4.69) is 176 Å². The Kier molecular flexibility index (Phi) is 6.80. The highest BCUT2D eigenvalue weighted by molar-refractivity contribution is 5.96. The van der Waals surface area contributed by atoms with Crippen molar-refractivity contribution in [1.29, 1.82) is 0 Å². The lowest BCUT2D eigenvalue weighted by molar-refractivity contribution is 0.609. The van der Waals surface area contributed by atoms with Crippen molar-refractivity contribution in [2.24, 2.45) is 0 Å². The summed E-state index contributed by atoms with van der Waals surface area (Å²) in [5, 5.41) is 0. The van der Waals surface area contributed by atoms with Crippen LogP contribution >= 0.6 is 0 Å². The van der Waals surface area contributed by atoms with E-state index in [4.69, 9.17) is 0 Å². The monoisotopic (exact) mass is 741 g/mol. The maximum Gasteiger partial charge on any atom is 0.123 e. The third kappa shape index (κ3) is 4.50. The molecule has 0 fully saturated rings. The molecule has 11 rings (SSSR count). The second-order valence-electron chi connectivity index (χ2n) is 19.1. The first-order valence-electron chi connectivity index (χ1n) is 20.6. The van der Waals surface area contributed by atoms with Crippen LogP contribution in [0.3, 0.4) is 0 Å². The molecule has 0 radical (unpaired) electrons. The maximum absolute atomic E-state index is 14.8. The highest BCUT2D eigenvalue weighted by Crippen LogP contribution is 2.59. The van der Waals surface area contributed by atoms with E-state index in [1.54, 1.807) is 12.1 Å². The van der Waals surface area contributed by atoms with Crippen LogP contribution in [0.4, 0.5) is 15.8 Å². The number of hydrogen-bond donors (Lipinski definition) is 0. The zero-order chi connectivity index (χ0) is 39.4. The van der Waals surface area contributed by atoms with Crippen LogP contribution in [0.2, 0.25) is 0 Å². The zero-order valence-electron chi connectivity index (χ0n) is 34.2. The predicted octanol–water partition coefficient (Wildman–Crippen LogP) is 14.4. The van der Waals surface area contributed by atoms with Gasteiger partial charge in [0.2, 0.25) is 0 Å². The Hall–Kier alpha value is -5.73. The fourth-order valence-corrected chi connectivity index (χ4v) is 11.4. The van der Waals surface area contributed by atoms with Gasteiger partial charge in [-0.2, -0.15) is 0 Å². The summed E-state index contributed by atoms with van der Waals surface area (Å²) in [4.78, 5) is 2.59. The summed E-state index contributed by atoms with van der Waals surface area (Å²) in [6.45, 7) is 19.5. The van der Waals surface area contributed by atoms with Gasteiger partial charge in [-0.1, -0.05) is 146 Å². The van der Waals surface area contributed by atoms with Gasteiger partial charge >= 0.3 is 0 Å². The maximum atomic E-state index is 14.8. The molecule has 4 aliphatic rings. The van der Waals surface area contributed by atoms with Crippen LogP contribution in [0.1, 0.15) is 105 Å². The first-order valence-corrected chi connectivity index (χ1v) is 20.6. The van der Waals surface area contributed by atoms with E-state index in [-0.39, 0.29) is 27.5 Å². The largest absolute Gasteiger partial charge is 0.336 e. The van der Waals surface area contributed by atoms with Crippen molar-refractivity contribution < 1.29 is 4.39 Å². The van der Waals surface area contributed by atoms with Crippen molar-refractivity contribution in [2.45, 2.75) is 83.6 Å². The van der Waals surface area contributed by atoms with Gasteiger partial charge in [-0.3, -0.25) is 0 Å². The summed E-state index contributed by atoms with van der Waals surface area (Å²) in [5.41, 5.74) is 23.9. The molecule has 57 heavy (non-hydrogen) atoms. The molecule has 4 aliphatic carbocycles. The molecule has 280 valence electrons. The van der Waals surface area contributed by atoms with Crippen molar-refractivity contribution in [1.82, 2.24) is 0 Å². The van der Waals surface area contributed by atoms with E-state index in [9.17, 15) is 4.39 Å². The molecule has 0 aliphatic heterocycles. The average Bonchev–Trinajstić information content (AvgIpc) is 3.76. The Morgan fingerprint density at radius 3 is 1.56 bits per heavy atom. The van der Waals surface area contributed by atoms with E-state index in [0.29, 0.717) is 0 Å². The minimum Gasteiger partial charge on any atom is -0.336 e. The standard InChI is InChI=1S/C55H48FN/c1-52(2)42-16-11-9-14-35(42)37-23-20-32(26-45(37)52)31-57(34-22-25-38-36-15-10-12-17-43(36)53(3,4)47(38)28-34)50-19-13-18-44-51(50)41-30-48-40(29-49(41)54(44,5)6)39-24-21-33(56)27-46(39)55(48,7)8/h9-30H,31H2,1-8H3. The molecule has 0 saturated heterocycles. The molecule has 0 atom stereocenters. The topological polar surface area (TPSA) is 3.24 Å². The summed E-state index contributed by atoms with van der Waals surface area (Å²) < 4.78 is 14.8. The summed E-state index contributed by atoms with van der Waals surface area (Å²) in [6, 6.07) is 49.4. The molecule has 1 nitrogen and oxygen atoms in total. The number of benzene rings is 7. The Morgan fingerprint density at radius 1 is 0.386 bits per heavy atom. The molecule has 7 aromatic rings. The van der Waals surface area contributed by atoms with Crippen LogP contribution in [0.25, 0.3) is 44.5 Å². The van der Waals surface area contributed by atoms with Gasteiger partial charge in [0.1, 0.15) is 5.82 Å². The third-order valence-corrected chi connectivity index (χ3v) is 14.6. The minimum atomic E-state index is -0.321. The number of anilines is 2. The lowest BCUT2D eigenvalue weighted by Gasteiger charge is -2.31. The fraction of sp³-hybridized carbons (Fsp3) is 0.236. The Labute approximate surface area is 336 Å². The Balaban J connectivity index is 1.12. The molecule has 0 saturated carbocycles. The zero-order valence-corrected chi connectivity index (χ0v) is 34.2. The number of halogens is 1. The van der Waals surface area contributed by atoms with Crippen molar-refractivity contribution in [3.05, 3.63) is 189 Å². The second kappa shape index (κ2) is 11.2. The molecule has 0 heterocycles. The Morgan fingerprint density at radius 2 is 0.860 bits per heavy atom. The van der Waals surface area contributed by atoms with Gasteiger partial charge in [-0.05, 0) is 131 Å². The van der Waals surface area contributed by atoms with E-state index in [0.717, 1.165) is 17.7 Å². The molecule has 0 amide bonds. The van der Waals surface area contributed by atoms with Crippen LogP contribution in [-0.4, -0.2) is 0 Å². The van der Waals surface area contributed by atoms with Gasteiger partial charge in [-0.25, -0.2) is 4.39 Å². The number of hydrogen-bond acceptors (Lipinski definition) is 1. The van der Waals surface area contributed by atoms with Crippen LogP contribution in [0.15, 0.2) is 133 Å². The van der Waals surface area contributed by atoms with Gasteiger partial charge in [-0.15, -0.1) is 0 Å². The lowest BCUT2D eigenvalue weighted by atomic mass is 9.79. The van der Waals surface area contributed by atoms with Crippen molar-refractivity contribution in [2.75, 3.05) is 4.90 Å². The van der Waals surface area contributed by atoms with Gasteiger partial charge in [0.25, 0.3) is 0 Å². The van der Waals surface area contributed by atoms with Gasteiger partial charge in [0.05, 0.1) is 0 Å². The van der Waals surface area contributed by atoms with E-state index >= 15 is 0 Å². The van der Waals surface area contributed by atoms with Gasteiger partial charge < -0.3 is 4.90 Å². The van der Waals surface area contributed by atoms with Crippen LogP contribution in [0.5, 0.6) is 0 Å². The molecule has 0 spiro atoms. The molecule has 0 aromatic heterocycles.